The molecule has 1 aliphatic carbocycles. The number of nitrogens with zero attached hydrogens (tertiary/aromatic N) is 8. The SMILES string of the molecule is Cc1ccc(S(=O)(=O)c2cc3c(c(S(=O)(=O)O)c2NCCNc2nc(Cl)nc(Nc4ccc(S(=O)(=O)O)cc4S(=O)(=O)O)n2)Oc2c(c(Cl)c4oc5c(S(=O)(=O)O)c(=NCCNc6nc(Cl)nc(Nc7ccc(C)cc7S(=O)(=O)O)n6)ccc-5nc4c2Cl)N3)cc1. The first-order chi connectivity index (χ1) is 42.4. The minimum Gasteiger partial charge on any atom is -0.450 e. The maximum absolute atomic E-state index is 14.7. The number of anilines is 9. The van der Waals surface area contributed by atoms with Gasteiger partial charge in [0.1, 0.15) is 36.7 Å². The first-order valence-electron chi connectivity index (χ1n) is 24.9. The van der Waals surface area contributed by atoms with Crippen molar-refractivity contribution in [3.05, 3.63) is 116 Å². The summed E-state index contributed by atoms with van der Waals surface area (Å²) < 4.78 is 218. The Morgan fingerprint density at radius 3 is 1.64 bits per heavy atom. The number of aromatic nitrogens is 7. The van der Waals surface area contributed by atoms with Crippen molar-refractivity contribution in [3.8, 4) is 23.0 Å². The Kier molecular flexibility index (Phi) is 17.8. The lowest BCUT2D eigenvalue weighted by atomic mass is 10.1. The van der Waals surface area contributed by atoms with Crippen LogP contribution in [0.4, 0.5) is 52.2 Å². The van der Waals surface area contributed by atoms with Crippen LogP contribution in [0.1, 0.15) is 11.1 Å². The molecule has 478 valence electrons. The van der Waals surface area contributed by atoms with Crippen LogP contribution in [0.15, 0.2) is 123 Å². The van der Waals surface area contributed by atoms with Gasteiger partial charge >= 0.3 is 10.1 Å². The molecule has 5 aromatic carbocycles. The molecule has 7 aromatic rings. The highest BCUT2D eigenvalue weighted by molar-refractivity contribution is 7.92. The number of sulfone groups is 1. The summed E-state index contributed by atoms with van der Waals surface area (Å²) in [5.74, 6) is -3.10. The summed E-state index contributed by atoms with van der Waals surface area (Å²) in [5.41, 5.74) is -2.11. The molecule has 2 aliphatic heterocycles. The molecule has 91 heavy (non-hydrogen) atoms. The molecule has 0 unspecified atom stereocenters. The highest BCUT2D eigenvalue weighted by Crippen LogP contribution is 2.57. The van der Waals surface area contributed by atoms with Crippen LogP contribution in [-0.2, 0) is 60.4 Å². The number of ether oxygens (including phenoxy) is 1. The molecule has 33 nitrogen and oxygen atoms in total. The quantitative estimate of drug-likeness (QED) is 0.0200. The number of benzene rings is 6. The Bertz CT molecular complexity index is 5320. The fraction of sp³-hybridized carbons (Fsp3) is 0.125. The van der Waals surface area contributed by atoms with Crippen molar-refractivity contribution in [2.75, 3.05) is 58.1 Å². The standard InChI is InChI=1S/C48H38Cl4N14O19S6/c1-20-3-6-22(7-4-20)86(67,68)31-19-28-38(42(91(81,82)83)34(31)54-14-16-56-46-62-44(52)64-48(66-46)60-25-10-8-23(87(69,70)71)18-30(25)89(75,76)77)85-40-32(49)35-39(33(50)36(40)58-28)84-37-26(57-35)11-12-27(41(37)90(78,79)80)53-13-15-55-45-61-43(51)63-47(65-45)59-24-9-5-21(2)17-29(24)88(72,73)74/h3-12,17-19,54,58H,13-16H2,1-2H3,(H,69,70,71)(H,72,73,74)(H,75,76,77)(H,78,79,80)(H,81,82,83)(H2,55,59,61,63,65)(H2,56,60,62,64,66). The largest absolute Gasteiger partial charge is 0.450 e. The Hall–Kier alpha value is -8.00. The number of rotatable bonds is 20. The van der Waals surface area contributed by atoms with E-state index in [0.717, 1.165) is 24.3 Å². The van der Waals surface area contributed by atoms with Gasteiger partial charge in [-0.3, -0.25) is 27.8 Å². The Morgan fingerprint density at radius 1 is 0.516 bits per heavy atom. The molecule has 0 radical (unpaired) electrons. The lowest BCUT2D eigenvalue weighted by molar-refractivity contribution is 0.448. The van der Waals surface area contributed by atoms with Gasteiger partial charge in [-0.15, -0.1) is 0 Å². The minimum absolute atomic E-state index is 0.0953. The molecule has 0 saturated carbocycles. The number of hydrogen-bond acceptors (Lipinski definition) is 28. The van der Waals surface area contributed by atoms with E-state index in [4.69, 9.17) is 55.6 Å². The molecular formula is C48H38Cl4N14O19S6. The van der Waals surface area contributed by atoms with E-state index in [1.165, 1.54) is 42.5 Å². The van der Waals surface area contributed by atoms with Gasteiger partial charge in [-0.2, -0.15) is 72.0 Å². The van der Waals surface area contributed by atoms with Gasteiger partial charge in [0.05, 0.1) is 49.3 Å². The molecule has 43 heteroatoms. The zero-order valence-corrected chi connectivity index (χ0v) is 53.2. The summed E-state index contributed by atoms with van der Waals surface area (Å²) in [5, 5.41) is 13.9. The van der Waals surface area contributed by atoms with Crippen molar-refractivity contribution in [2.24, 2.45) is 4.99 Å². The molecule has 0 fully saturated rings. The Labute approximate surface area is 533 Å². The minimum atomic E-state index is -5.59. The predicted molar refractivity (Wildman–Crippen MR) is 326 cm³/mol. The van der Waals surface area contributed by atoms with Crippen molar-refractivity contribution in [2.45, 2.75) is 48.1 Å². The fourth-order valence-electron chi connectivity index (χ4n) is 8.72. The van der Waals surface area contributed by atoms with Gasteiger partial charge in [-0.1, -0.05) is 47.0 Å². The number of halogens is 4. The van der Waals surface area contributed by atoms with E-state index in [0.29, 0.717) is 17.2 Å². The van der Waals surface area contributed by atoms with Crippen LogP contribution in [0, 0.1) is 13.8 Å². The summed E-state index contributed by atoms with van der Waals surface area (Å²) >= 11 is 26.1. The predicted octanol–water partition coefficient (Wildman–Crippen LogP) is 7.47. The number of nitrogens with one attached hydrogen (secondary N) is 6. The second-order valence-corrected chi connectivity index (χ2v) is 29.2. The van der Waals surface area contributed by atoms with Gasteiger partial charge in [0.25, 0.3) is 40.5 Å². The molecule has 0 spiro atoms. The summed E-state index contributed by atoms with van der Waals surface area (Å²) in [7, 11) is -30.5. The Morgan fingerprint density at radius 2 is 1.05 bits per heavy atom. The van der Waals surface area contributed by atoms with Crippen LogP contribution in [0.5, 0.6) is 11.5 Å². The van der Waals surface area contributed by atoms with Crippen molar-refractivity contribution < 1.29 is 82.4 Å². The first kappa shape index (κ1) is 65.9. The maximum Gasteiger partial charge on any atom is 0.300 e. The second kappa shape index (κ2) is 24.6. The van der Waals surface area contributed by atoms with E-state index in [2.05, 4.69) is 71.8 Å². The average molecular weight is 1450 g/mol. The lowest BCUT2D eigenvalue weighted by Gasteiger charge is -2.28. The number of fused-ring (bicyclic) bond motifs is 4. The number of hydrogen-bond donors (Lipinski definition) is 11. The summed E-state index contributed by atoms with van der Waals surface area (Å²) in [4.78, 5) is 27.0. The van der Waals surface area contributed by atoms with Crippen molar-refractivity contribution >= 4 is 170 Å². The van der Waals surface area contributed by atoms with Gasteiger partial charge in [-0.05, 0) is 103 Å². The van der Waals surface area contributed by atoms with Crippen LogP contribution >= 0.6 is 46.4 Å². The molecular weight excluding hydrogens is 1410 g/mol. The normalized spacial score (nSPS) is 13.1. The molecule has 0 amide bonds. The van der Waals surface area contributed by atoms with Crippen molar-refractivity contribution in [1.82, 2.24) is 34.9 Å². The zero-order chi connectivity index (χ0) is 66.1. The molecule has 11 N–H and O–H groups in total. The van der Waals surface area contributed by atoms with E-state index in [-0.39, 0.29) is 75.6 Å². The molecule has 10 rings (SSSR count). The van der Waals surface area contributed by atoms with E-state index in [1.54, 1.807) is 19.9 Å². The molecule has 4 heterocycles. The lowest BCUT2D eigenvalue weighted by Crippen LogP contribution is -2.21. The van der Waals surface area contributed by atoms with Gasteiger partial charge < -0.3 is 41.1 Å². The molecule has 0 saturated heterocycles. The third-order valence-electron chi connectivity index (χ3n) is 12.6. The molecule has 3 aliphatic rings. The summed E-state index contributed by atoms with van der Waals surface area (Å²) in [6.45, 7) is 2.06. The highest BCUT2D eigenvalue weighted by atomic mass is 35.5. The zero-order valence-electron chi connectivity index (χ0n) is 45.3. The molecule has 0 atom stereocenters. The van der Waals surface area contributed by atoms with Gasteiger partial charge in [-0.25, -0.2) is 13.4 Å². The van der Waals surface area contributed by atoms with Crippen LogP contribution in [0.2, 0.25) is 20.6 Å². The summed E-state index contributed by atoms with van der Waals surface area (Å²) in [6, 6.07) is 14.9. The summed E-state index contributed by atoms with van der Waals surface area (Å²) in [6.07, 6.45) is 0. The maximum atomic E-state index is 14.7. The van der Waals surface area contributed by atoms with Crippen molar-refractivity contribution in [3.63, 3.8) is 0 Å². The van der Waals surface area contributed by atoms with Crippen LogP contribution in [0.3, 0.4) is 0 Å². The van der Waals surface area contributed by atoms with Crippen LogP contribution < -0.4 is 42.0 Å². The van der Waals surface area contributed by atoms with Gasteiger partial charge in [0, 0.05) is 19.6 Å². The first-order valence-corrected chi connectivity index (χ1v) is 35.1. The smallest absolute Gasteiger partial charge is 0.300 e. The van der Waals surface area contributed by atoms with E-state index >= 15 is 0 Å². The molecule has 2 aromatic heterocycles. The fourth-order valence-corrected chi connectivity index (χ4v) is 14.7. The van der Waals surface area contributed by atoms with E-state index in [1.807, 2.05) is 0 Å². The second-order valence-electron chi connectivity index (χ2n) is 18.9. The van der Waals surface area contributed by atoms with Crippen LogP contribution in [0.25, 0.3) is 22.6 Å². The average Bonchev–Trinajstić information content (AvgIpc) is 0.721. The third-order valence-corrected chi connectivity index (χ3v) is 19.9. The van der Waals surface area contributed by atoms with Gasteiger partial charge in [0.2, 0.25) is 44.2 Å². The highest BCUT2D eigenvalue weighted by Gasteiger charge is 2.39. The monoisotopic (exact) mass is 1450 g/mol. The Balaban J connectivity index is 0.970. The van der Waals surface area contributed by atoms with Gasteiger partial charge in [0.15, 0.2) is 32.6 Å². The van der Waals surface area contributed by atoms with Crippen LogP contribution in [-0.4, -0.2) is 134 Å². The van der Waals surface area contributed by atoms with E-state index in [9.17, 15) is 73.3 Å². The topological polar surface area (TPSA) is 503 Å². The van der Waals surface area contributed by atoms with Crippen molar-refractivity contribution in [1.29, 1.82) is 0 Å². The van der Waals surface area contributed by atoms with E-state index < -0.39 is 158 Å². The third kappa shape index (κ3) is 14.1. The number of aryl methyl sites for hydroxylation is 2. The molecule has 0 bridgehead atoms.